The molecule has 1 aromatic rings. The van der Waals surface area contributed by atoms with E-state index >= 15 is 0 Å². The number of nitrogens with zero attached hydrogens (tertiary/aromatic N) is 1. The number of halogens is 4. The Bertz CT molecular complexity index is 1110. The highest BCUT2D eigenvalue weighted by Crippen LogP contribution is 2.63. The number of nitrogens with one attached hydrogen (secondary N) is 2. The first-order chi connectivity index (χ1) is 16.8. The van der Waals surface area contributed by atoms with Crippen LogP contribution >= 0.6 is 11.6 Å². The van der Waals surface area contributed by atoms with E-state index in [0.29, 0.717) is 17.8 Å². The Hall–Kier alpha value is -2.22. The lowest BCUT2D eigenvalue weighted by Gasteiger charge is -2.60. The molecule has 196 valence electrons. The van der Waals surface area contributed by atoms with Crippen molar-refractivity contribution in [2.45, 2.75) is 70.6 Å². The largest absolute Gasteiger partial charge is 0.416 e. The summed E-state index contributed by atoms with van der Waals surface area (Å²) in [6.07, 6.45) is 5.23. The molecule has 1 heterocycles. The van der Waals surface area contributed by atoms with Crippen LogP contribution in [-0.2, 0) is 11.0 Å². The number of carbonyl (C=O) groups excluding carboxylic acids is 2. The van der Waals surface area contributed by atoms with Crippen molar-refractivity contribution in [3.8, 4) is 0 Å². The van der Waals surface area contributed by atoms with Crippen LogP contribution in [0, 0.1) is 28.6 Å². The molecule has 3 amide bonds. The fraction of sp³-hybridized carbons (Fsp3) is 0.630. The van der Waals surface area contributed by atoms with Crippen LogP contribution in [0.4, 0.5) is 23.7 Å². The molecule has 0 spiro atoms. The van der Waals surface area contributed by atoms with Crippen LogP contribution in [0.1, 0.15) is 57.9 Å². The molecule has 0 radical (unpaired) electrons. The van der Waals surface area contributed by atoms with Gasteiger partial charge in [0.25, 0.3) is 0 Å². The smallest absolute Gasteiger partial charge is 0.338 e. The first-order valence-electron chi connectivity index (χ1n) is 12.7. The van der Waals surface area contributed by atoms with Gasteiger partial charge in [0, 0.05) is 24.5 Å². The zero-order chi connectivity index (χ0) is 26.0. The molecule has 5 rings (SSSR count). The van der Waals surface area contributed by atoms with Crippen molar-refractivity contribution < 1.29 is 22.8 Å². The zero-order valence-corrected chi connectivity index (χ0v) is 21.5. The molecule has 2 N–H and O–H groups in total. The average Bonchev–Trinajstić information content (AvgIpc) is 3.13. The van der Waals surface area contributed by atoms with Crippen molar-refractivity contribution in [2.24, 2.45) is 28.6 Å². The number of rotatable bonds is 2. The van der Waals surface area contributed by atoms with Crippen LogP contribution in [0.15, 0.2) is 30.4 Å². The summed E-state index contributed by atoms with van der Waals surface area (Å²) in [6, 6.07) is 2.54. The normalized spacial score (nSPS) is 37.7. The van der Waals surface area contributed by atoms with Crippen LogP contribution < -0.4 is 10.6 Å². The molecule has 0 saturated heterocycles. The number of carbonyl (C=O) groups is 2. The molecule has 7 atom stereocenters. The molecule has 3 fully saturated rings. The van der Waals surface area contributed by atoms with Gasteiger partial charge in [0.05, 0.1) is 16.3 Å². The van der Waals surface area contributed by atoms with Crippen LogP contribution in [0.3, 0.4) is 0 Å². The molecule has 1 aliphatic heterocycles. The summed E-state index contributed by atoms with van der Waals surface area (Å²) < 4.78 is 39.3. The molecule has 4 aliphatic rings. The van der Waals surface area contributed by atoms with Gasteiger partial charge in [0.1, 0.15) is 0 Å². The summed E-state index contributed by atoms with van der Waals surface area (Å²) in [6.45, 7) is 4.55. The number of anilines is 1. The van der Waals surface area contributed by atoms with Crippen molar-refractivity contribution in [1.29, 1.82) is 0 Å². The minimum absolute atomic E-state index is 0.0456. The summed E-state index contributed by atoms with van der Waals surface area (Å²) in [5.41, 5.74) is -1.04. The Morgan fingerprint density at radius 2 is 1.86 bits per heavy atom. The van der Waals surface area contributed by atoms with E-state index in [-0.39, 0.29) is 39.5 Å². The van der Waals surface area contributed by atoms with Crippen LogP contribution in [0.25, 0.3) is 0 Å². The van der Waals surface area contributed by atoms with E-state index in [4.69, 9.17) is 11.6 Å². The fourth-order valence-corrected chi connectivity index (χ4v) is 8.25. The average molecular weight is 524 g/mol. The van der Waals surface area contributed by atoms with Gasteiger partial charge in [-0.15, -0.1) is 0 Å². The number of amides is 3. The first kappa shape index (κ1) is 25.4. The fourth-order valence-electron chi connectivity index (χ4n) is 8.09. The van der Waals surface area contributed by atoms with E-state index in [1.807, 2.05) is 11.9 Å². The molecule has 0 bridgehead atoms. The van der Waals surface area contributed by atoms with Crippen LogP contribution in [0.2, 0.25) is 5.02 Å². The summed E-state index contributed by atoms with van der Waals surface area (Å²) in [5.74, 6) is 1.53. The maximum Gasteiger partial charge on any atom is 0.416 e. The number of fused-ring (bicyclic) bond motifs is 5. The quantitative estimate of drug-likeness (QED) is 0.465. The maximum atomic E-state index is 13.1. The summed E-state index contributed by atoms with van der Waals surface area (Å²) >= 11 is 6.07. The molecule has 1 aromatic carbocycles. The SMILES string of the molecule is CN1C(=O)C=C[C@@]2(C)C1CC[C@@H]1[C@H]2CC[C@]2(C)C(NC(=O)Nc3cc(C(F)(F)F)ccc3Cl)CC[C@@H]12. The number of benzene rings is 1. The highest BCUT2D eigenvalue weighted by atomic mass is 35.5. The van der Waals surface area contributed by atoms with Crippen molar-refractivity contribution in [1.82, 2.24) is 10.2 Å². The minimum atomic E-state index is -4.52. The van der Waals surface area contributed by atoms with Gasteiger partial charge in [-0.25, -0.2) is 4.79 Å². The number of urea groups is 1. The minimum Gasteiger partial charge on any atom is -0.338 e. The molecular formula is C27H33ClF3N3O2. The highest BCUT2D eigenvalue weighted by molar-refractivity contribution is 6.33. The summed E-state index contributed by atoms with van der Waals surface area (Å²) in [5, 5.41) is 5.67. The van der Waals surface area contributed by atoms with E-state index < -0.39 is 17.8 Å². The van der Waals surface area contributed by atoms with Crippen LogP contribution in [-0.4, -0.2) is 36.0 Å². The molecule has 3 aliphatic carbocycles. The van der Waals surface area contributed by atoms with E-state index in [0.717, 1.165) is 56.7 Å². The lowest BCUT2D eigenvalue weighted by atomic mass is 9.48. The van der Waals surface area contributed by atoms with Crippen LogP contribution in [0.5, 0.6) is 0 Å². The highest BCUT2D eigenvalue weighted by Gasteiger charge is 2.60. The van der Waals surface area contributed by atoms with Gasteiger partial charge in [0.2, 0.25) is 5.91 Å². The number of hydrogen-bond donors (Lipinski definition) is 2. The zero-order valence-electron chi connectivity index (χ0n) is 20.8. The van der Waals surface area contributed by atoms with Gasteiger partial charge in [0.15, 0.2) is 0 Å². The monoisotopic (exact) mass is 523 g/mol. The predicted octanol–water partition coefficient (Wildman–Crippen LogP) is 6.49. The summed E-state index contributed by atoms with van der Waals surface area (Å²) in [7, 11) is 1.91. The second kappa shape index (κ2) is 8.67. The van der Waals surface area contributed by atoms with E-state index in [2.05, 4.69) is 30.6 Å². The topological polar surface area (TPSA) is 61.4 Å². The molecule has 9 heteroatoms. The standard InChI is InChI=1S/C27H33ClF3N3O2/c1-25-12-10-18-16(5-9-22-26(18,2)13-11-23(35)34(22)3)17(25)6-8-21(25)33-24(36)32-20-14-15(27(29,30)31)4-7-19(20)28/h4,7,11,13-14,16-18,21-22H,5-6,8-10,12H2,1-3H3,(H2,32,33,36)/t16-,17-,18+,21?,22?,25-,26+/m0/s1. The lowest BCUT2D eigenvalue weighted by molar-refractivity contribution is -0.138. The second-order valence-corrected chi connectivity index (χ2v) is 12.0. The van der Waals surface area contributed by atoms with Gasteiger partial charge < -0.3 is 15.5 Å². The van der Waals surface area contributed by atoms with E-state index in [1.165, 1.54) is 0 Å². The van der Waals surface area contributed by atoms with Crippen molar-refractivity contribution in [2.75, 3.05) is 12.4 Å². The molecule has 36 heavy (non-hydrogen) atoms. The molecule has 0 aromatic heterocycles. The number of hydrogen-bond acceptors (Lipinski definition) is 2. The number of likely N-dealkylation sites (N-methyl/N-ethyl adjacent to an activating group) is 1. The van der Waals surface area contributed by atoms with Gasteiger partial charge in [-0.3, -0.25) is 4.79 Å². The van der Waals surface area contributed by atoms with E-state index in [1.54, 1.807) is 6.08 Å². The predicted molar refractivity (Wildman–Crippen MR) is 132 cm³/mol. The van der Waals surface area contributed by atoms with E-state index in [9.17, 15) is 22.8 Å². The second-order valence-electron chi connectivity index (χ2n) is 11.6. The third-order valence-corrected chi connectivity index (χ3v) is 10.3. The Labute approximate surface area is 214 Å². The Kier molecular flexibility index (Phi) is 6.13. The molecule has 3 saturated carbocycles. The molecule has 2 unspecified atom stereocenters. The van der Waals surface area contributed by atoms with Gasteiger partial charge in [-0.2, -0.15) is 13.2 Å². The van der Waals surface area contributed by atoms with Gasteiger partial charge in [-0.1, -0.05) is 31.5 Å². The lowest BCUT2D eigenvalue weighted by Crippen LogP contribution is -2.60. The van der Waals surface area contributed by atoms with Crippen molar-refractivity contribution in [3.05, 3.63) is 40.9 Å². The Morgan fingerprint density at radius 1 is 1.11 bits per heavy atom. The van der Waals surface area contributed by atoms with Crippen molar-refractivity contribution >= 4 is 29.2 Å². The number of alkyl halides is 3. The third kappa shape index (κ3) is 4.00. The summed E-state index contributed by atoms with van der Waals surface area (Å²) in [4.78, 5) is 27.1. The molecule has 5 nitrogen and oxygen atoms in total. The Balaban J connectivity index is 1.30. The first-order valence-corrected chi connectivity index (χ1v) is 13.1. The molecular weight excluding hydrogens is 491 g/mol. The van der Waals surface area contributed by atoms with Crippen molar-refractivity contribution in [3.63, 3.8) is 0 Å². The van der Waals surface area contributed by atoms with Gasteiger partial charge in [-0.05, 0) is 86.0 Å². The van der Waals surface area contributed by atoms with Gasteiger partial charge >= 0.3 is 12.2 Å². The maximum absolute atomic E-state index is 13.1. The third-order valence-electron chi connectivity index (χ3n) is 9.97. The Morgan fingerprint density at radius 3 is 2.58 bits per heavy atom.